The molecule has 0 radical (unpaired) electrons. The van der Waals surface area contributed by atoms with E-state index in [-0.39, 0.29) is 6.42 Å². The van der Waals surface area contributed by atoms with Gasteiger partial charge >= 0.3 is 0 Å². The molecule has 1 saturated heterocycles. The van der Waals surface area contributed by atoms with Crippen LogP contribution < -0.4 is 0 Å². The van der Waals surface area contributed by atoms with E-state index >= 15 is 0 Å². The summed E-state index contributed by atoms with van der Waals surface area (Å²) >= 11 is 0. The second kappa shape index (κ2) is 8.44. The number of rotatable bonds is 9. The molecule has 0 aromatic carbocycles. The third-order valence-corrected chi connectivity index (χ3v) is 4.42. The second-order valence-electron chi connectivity index (χ2n) is 6.42. The van der Waals surface area contributed by atoms with Gasteiger partial charge in [-0.1, -0.05) is 46.0 Å². The van der Waals surface area contributed by atoms with Gasteiger partial charge in [-0.3, -0.25) is 0 Å². The second-order valence-corrected chi connectivity index (χ2v) is 6.42. The van der Waals surface area contributed by atoms with Crippen molar-refractivity contribution in [3.8, 4) is 0 Å². The molecule has 0 spiro atoms. The lowest BCUT2D eigenvalue weighted by molar-refractivity contribution is -0.332. The topological polar surface area (TPSA) is 90.2 Å². The van der Waals surface area contributed by atoms with E-state index in [0.717, 1.165) is 38.5 Å². The molecule has 0 aromatic rings. The Kier molecular flexibility index (Phi) is 7.57. The van der Waals surface area contributed by atoms with E-state index in [1.54, 1.807) is 0 Å². The van der Waals surface area contributed by atoms with E-state index < -0.39 is 30.2 Å². The van der Waals surface area contributed by atoms with Gasteiger partial charge in [0.1, 0.15) is 12.2 Å². The summed E-state index contributed by atoms with van der Waals surface area (Å²) in [6.45, 7) is 3.74. The molecule has 0 aliphatic carbocycles. The summed E-state index contributed by atoms with van der Waals surface area (Å²) in [4.78, 5) is 0. The molecule has 126 valence electrons. The van der Waals surface area contributed by atoms with E-state index in [2.05, 4.69) is 13.8 Å². The fraction of sp³-hybridized carbons (Fsp3) is 1.00. The highest BCUT2D eigenvalue weighted by molar-refractivity contribution is 4.99. The van der Waals surface area contributed by atoms with Crippen molar-refractivity contribution < 1.29 is 25.2 Å². The van der Waals surface area contributed by atoms with Gasteiger partial charge in [0.05, 0.1) is 12.2 Å². The number of aliphatic hydroxyl groups is 4. The van der Waals surface area contributed by atoms with Crippen molar-refractivity contribution >= 4 is 0 Å². The van der Waals surface area contributed by atoms with Crippen LogP contribution in [0.5, 0.6) is 0 Å². The van der Waals surface area contributed by atoms with E-state index in [1.807, 2.05) is 0 Å². The van der Waals surface area contributed by atoms with Gasteiger partial charge in [-0.2, -0.15) is 0 Å². The van der Waals surface area contributed by atoms with Crippen LogP contribution in [-0.4, -0.2) is 50.6 Å². The first-order valence-electron chi connectivity index (χ1n) is 8.32. The van der Waals surface area contributed by atoms with Crippen LogP contribution in [0.15, 0.2) is 0 Å². The van der Waals surface area contributed by atoms with Gasteiger partial charge in [-0.05, 0) is 12.8 Å². The smallest absolute Gasteiger partial charge is 0.168 e. The molecule has 1 aliphatic heterocycles. The number of hydrogen-bond acceptors (Lipinski definition) is 5. The molecular formula is C16H32O5. The number of unbranched alkanes of at least 4 members (excludes halogenated alkanes) is 4. The SMILES string of the molecule is CCCCC[C@@]1(O)C[C@](O)(CCCCC)[C@H](O)[C@@H](CO)O1. The zero-order chi connectivity index (χ0) is 15.9. The molecule has 0 unspecified atom stereocenters. The first-order chi connectivity index (χ1) is 9.90. The molecule has 5 heteroatoms. The highest BCUT2D eigenvalue weighted by Crippen LogP contribution is 2.40. The molecule has 5 nitrogen and oxygen atoms in total. The quantitative estimate of drug-likeness (QED) is 0.487. The highest BCUT2D eigenvalue weighted by Gasteiger charge is 2.53. The largest absolute Gasteiger partial charge is 0.394 e. The van der Waals surface area contributed by atoms with Crippen molar-refractivity contribution in [1.29, 1.82) is 0 Å². The molecular weight excluding hydrogens is 272 g/mol. The van der Waals surface area contributed by atoms with Crippen molar-refractivity contribution in [3.63, 3.8) is 0 Å². The number of ether oxygens (including phenoxy) is 1. The van der Waals surface area contributed by atoms with Crippen LogP contribution in [0.1, 0.15) is 71.6 Å². The minimum absolute atomic E-state index is 0.00505. The van der Waals surface area contributed by atoms with Gasteiger partial charge in [0.25, 0.3) is 0 Å². The Balaban J connectivity index is 2.75. The van der Waals surface area contributed by atoms with Crippen molar-refractivity contribution in [3.05, 3.63) is 0 Å². The average molecular weight is 304 g/mol. The Bertz CT molecular complexity index is 298. The first-order valence-corrected chi connectivity index (χ1v) is 8.32. The third-order valence-electron chi connectivity index (χ3n) is 4.42. The van der Waals surface area contributed by atoms with Crippen LogP contribution in [0.2, 0.25) is 0 Å². The number of aliphatic hydroxyl groups excluding tert-OH is 2. The van der Waals surface area contributed by atoms with Crippen molar-refractivity contribution in [2.24, 2.45) is 0 Å². The van der Waals surface area contributed by atoms with Gasteiger partial charge < -0.3 is 25.2 Å². The van der Waals surface area contributed by atoms with Crippen LogP contribution in [0, 0.1) is 0 Å². The Hall–Kier alpha value is -0.200. The molecule has 4 atom stereocenters. The van der Waals surface area contributed by atoms with Crippen molar-refractivity contribution in [2.45, 2.75) is 95.2 Å². The minimum atomic E-state index is -1.46. The Labute approximate surface area is 127 Å². The third kappa shape index (κ3) is 5.18. The fourth-order valence-corrected chi connectivity index (χ4v) is 3.17. The monoisotopic (exact) mass is 304 g/mol. The van der Waals surface area contributed by atoms with Gasteiger partial charge in [0.15, 0.2) is 5.79 Å². The van der Waals surface area contributed by atoms with E-state index in [0.29, 0.717) is 12.8 Å². The van der Waals surface area contributed by atoms with Crippen molar-refractivity contribution in [1.82, 2.24) is 0 Å². The van der Waals surface area contributed by atoms with E-state index in [9.17, 15) is 20.4 Å². The summed E-state index contributed by atoms with van der Waals surface area (Å²) in [7, 11) is 0. The minimum Gasteiger partial charge on any atom is -0.394 e. The van der Waals surface area contributed by atoms with Gasteiger partial charge in [-0.15, -0.1) is 0 Å². The summed E-state index contributed by atoms with van der Waals surface area (Å²) in [6, 6.07) is 0. The summed E-state index contributed by atoms with van der Waals surface area (Å²) in [6.07, 6.45) is 4.32. The summed E-state index contributed by atoms with van der Waals surface area (Å²) in [5, 5.41) is 41.0. The van der Waals surface area contributed by atoms with Gasteiger partial charge in [0.2, 0.25) is 0 Å². The van der Waals surface area contributed by atoms with Crippen LogP contribution in [0.25, 0.3) is 0 Å². The summed E-state index contributed by atoms with van der Waals surface area (Å²) in [5.41, 5.74) is -1.39. The summed E-state index contributed by atoms with van der Waals surface area (Å²) < 4.78 is 5.48. The van der Waals surface area contributed by atoms with E-state index in [1.165, 1.54) is 0 Å². The average Bonchev–Trinajstić information content (AvgIpc) is 2.43. The Morgan fingerprint density at radius 1 is 1.00 bits per heavy atom. The molecule has 0 bridgehead atoms. The lowest BCUT2D eigenvalue weighted by Gasteiger charge is -2.49. The molecule has 4 N–H and O–H groups in total. The summed E-state index contributed by atoms with van der Waals surface area (Å²) in [5.74, 6) is -1.46. The van der Waals surface area contributed by atoms with Crippen molar-refractivity contribution in [2.75, 3.05) is 6.61 Å². The predicted octanol–water partition coefficient (Wildman–Crippen LogP) is 1.71. The Morgan fingerprint density at radius 3 is 2.10 bits per heavy atom. The molecule has 1 heterocycles. The maximum absolute atomic E-state index is 10.8. The zero-order valence-electron chi connectivity index (χ0n) is 13.4. The zero-order valence-corrected chi connectivity index (χ0v) is 13.4. The van der Waals surface area contributed by atoms with Gasteiger partial charge in [0, 0.05) is 12.8 Å². The highest BCUT2D eigenvalue weighted by atomic mass is 16.6. The molecule has 1 fully saturated rings. The maximum Gasteiger partial charge on any atom is 0.168 e. The Morgan fingerprint density at radius 2 is 1.57 bits per heavy atom. The van der Waals surface area contributed by atoms with E-state index in [4.69, 9.17) is 4.74 Å². The van der Waals surface area contributed by atoms with Crippen LogP contribution in [0.4, 0.5) is 0 Å². The standard InChI is InChI=1S/C16H32O5/c1-3-5-7-9-15(19)12-16(20,10-8-6-4-2)21-13(11-17)14(15)18/h13-14,17-20H,3-12H2,1-2H3/t13-,14-,15-,16+/m1/s1. The fourth-order valence-electron chi connectivity index (χ4n) is 3.17. The normalized spacial score (nSPS) is 36.9. The lowest BCUT2D eigenvalue weighted by Crippen LogP contribution is -2.62. The number of hydrogen-bond donors (Lipinski definition) is 4. The molecule has 0 saturated carbocycles. The molecule has 21 heavy (non-hydrogen) atoms. The van der Waals surface area contributed by atoms with Crippen LogP contribution in [0.3, 0.4) is 0 Å². The molecule has 0 aromatic heterocycles. The predicted molar refractivity (Wildman–Crippen MR) is 80.8 cm³/mol. The first kappa shape index (κ1) is 18.8. The lowest BCUT2D eigenvalue weighted by atomic mass is 9.78. The van der Waals surface area contributed by atoms with Crippen LogP contribution >= 0.6 is 0 Å². The molecule has 1 aliphatic rings. The molecule has 0 amide bonds. The molecule has 1 rings (SSSR count). The maximum atomic E-state index is 10.8. The van der Waals surface area contributed by atoms with Crippen LogP contribution in [-0.2, 0) is 4.74 Å². The van der Waals surface area contributed by atoms with Gasteiger partial charge in [-0.25, -0.2) is 0 Å².